The van der Waals surface area contributed by atoms with Crippen molar-refractivity contribution < 1.29 is 4.74 Å². The van der Waals surface area contributed by atoms with Crippen LogP contribution in [-0.4, -0.2) is 30.2 Å². The van der Waals surface area contributed by atoms with Gasteiger partial charge in [0.05, 0.1) is 6.10 Å². The molecule has 4 heteroatoms. The molecule has 0 aromatic carbocycles. The fourth-order valence-electron chi connectivity index (χ4n) is 1.62. The van der Waals surface area contributed by atoms with Gasteiger partial charge < -0.3 is 15.4 Å². The van der Waals surface area contributed by atoms with Crippen LogP contribution in [-0.2, 0) is 0 Å². The van der Waals surface area contributed by atoms with Crippen molar-refractivity contribution in [3.8, 4) is 5.75 Å². The van der Waals surface area contributed by atoms with Crippen LogP contribution in [0.3, 0.4) is 0 Å². The molecule has 1 aromatic rings. The minimum Gasteiger partial charge on any atom is -0.487 e. The number of hydrogen-bond acceptors (Lipinski definition) is 4. The Kier molecular flexibility index (Phi) is 4.20. The van der Waals surface area contributed by atoms with E-state index in [0.717, 1.165) is 30.7 Å². The molecule has 1 fully saturated rings. The molecule has 2 N–H and O–H groups in total. The summed E-state index contributed by atoms with van der Waals surface area (Å²) in [5.74, 6) is 1.66. The molecular weight excluding hydrogens is 214 g/mol. The van der Waals surface area contributed by atoms with Crippen molar-refractivity contribution in [1.29, 1.82) is 0 Å². The summed E-state index contributed by atoms with van der Waals surface area (Å²) in [4.78, 5) is 4.30. The first-order valence-electron chi connectivity index (χ1n) is 6.34. The zero-order chi connectivity index (χ0) is 12.1. The van der Waals surface area contributed by atoms with Crippen molar-refractivity contribution in [3.05, 3.63) is 18.3 Å². The van der Waals surface area contributed by atoms with Crippen molar-refractivity contribution in [2.45, 2.75) is 38.8 Å². The summed E-state index contributed by atoms with van der Waals surface area (Å²) in [7, 11) is 0. The molecule has 0 atom stereocenters. The lowest BCUT2D eigenvalue weighted by Gasteiger charge is -2.14. The van der Waals surface area contributed by atoms with Crippen molar-refractivity contribution in [1.82, 2.24) is 10.3 Å². The van der Waals surface area contributed by atoms with Gasteiger partial charge in [0.15, 0.2) is 11.6 Å². The Labute approximate surface area is 103 Å². The van der Waals surface area contributed by atoms with E-state index >= 15 is 0 Å². The van der Waals surface area contributed by atoms with Gasteiger partial charge in [-0.3, -0.25) is 0 Å². The molecule has 1 aliphatic carbocycles. The number of anilines is 1. The molecule has 0 spiro atoms. The van der Waals surface area contributed by atoms with E-state index in [2.05, 4.69) is 15.6 Å². The number of ether oxygens (including phenoxy) is 1. The Morgan fingerprint density at radius 1 is 1.41 bits per heavy atom. The molecule has 2 rings (SSSR count). The van der Waals surface area contributed by atoms with Gasteiger partial charge in [-0.15, -0.1) is 0 Å². The molecule has 1 heterocycles. The zero-order valence-electron chi connectivity index (χ0n) is 10.6. The van der Waals surface area contributed by atoms with Crippen LogP contribution >= 0.6 is 0 Å². The van der Waals surface area contributed by atoms with E-state index in [4.69, 9.17) is 4.74 Å². The van der Waals surface area contributed by atoms with Crippen molar-refractivity contribution >= 4 is 5.82 Å². The third-order valence-corrected chi connectivity index (χ3v) is 2.56. The molecule has 0 aliphatic heterocycles. The highest BCUT2D eigenvalue weighted by Gasteiger charge is 2.19. The first-order valence-corrected chi connectivity index (χ1v) is 6.34. The third-order valence-electron chi connectivity index (χ3n) is 2.56. The largest absolute Gasteiger partial charge is 0.487 e. The van der Waals surface area contributed by atoms with E-state index in [1.54, 1.807) is 6.20 Å². The molecule has 0 saturated heterocycles. The summed E-state index contributed by atoms with van der Waals surface area (Å²) in [6.07, 6.45) is 4.60. The highest BCUT2D eigenvalue weighted by molar-refractivity contribution is 5.49. The number of aromatic nitrogens is 1. The maximum Gasteiger partial charge on any atom is 0.168 e. The predicted molar refractivity (Wildman–Crippen MR) is 69.5 cm³/mol. The predicted octanol–water partition coefficient (Wildman–Crippen LogP) is 2.03. The van der Waals surface area contributed by atoms with E-state index < -0.39 is 0 Å². The molecular formula is C13H21N3O. The fraction of sp³-hybridized carbons (Fsp3) is 0.615. The van der Waals surface area contributed by atoms with Crippen LogP contribution in [0.2, 0.25) is 0 Å². The second-order valence-corrected chi connectivity index (χ2v) is 4.67. The van der Waals surface area contributed by atoms with Crippen LogP contribution in [0.15, 0.2) is 18.3 Å². The van der Waals surface area contributed by atoms with Gasteiger partial charge in [0.2, 0.25) is 0 Å². The highest BCUT2D eigenvalue weighted by Crippen LogP contribution is 2.22. The standard InChI is InChI=1S/C13H21N3O/c1-10(2)17-12-4-3-7-15-13(12)16-9-8-14-11-5-6-11/h3-4,7,10-11,14H,5-6,8-9H2,1-2H3,(H,15,16). The summed E-state index contributed by atoms with van der Waals surface area (Å²) in [5.41, 5.74) is 0. The van der Waals surface area contributed by atoms with E-state index in [9.17, 15) is 0 Å². The smallest absolute Gasteiger partial charge is 0.168 e. The van der Waals surface area contributed by atoms with Crippen molar-refractivity contribution in [3.63, 3.8) is 0 Å². The Morgan fingerprint density at radius 2 is 2.24 bits per heavy atom. The fourth-order valence-corrected chi connectivity index (χ4v) is 1.62. The summed E-state index contributed by atoms with van der Waals surface area (Å²) in [6, 6.07) is 4.60. The normalized spacial score (nSPS) is 15.0. The second kappa shape index (κ2) is 5.87. The minimum absolute atomic E-state index is 0.171. The van der Waals surface area contributed by atoms with Crippen LogP contribution in [0.4, 0.5) is 5.82 Å². The highest BCUT2D eigenvalue weighted by atomic mass is 16.5. The van der Waals surface area contributed by atoms with Gasteiger partial charge >= 0.3 is 0 Å². The van der Waals surface area contributed by atoms with Gasteiger partial charge in [0, 0.05) is 25.3 Å². The molecule has 0 radical (unpaired) electrons. The summed E-state index contributed by atoms with van der Waals surface area (Å²) >= 11 is 0. The number of pyridine rings is 1. The monoisotopic (exact) mass is 235 g/mol. The van der Waals surface area contributed by atoms with Gasteiger partial charge in [-0.25, -0.2) is 4.98 Å². The molecule has 0 unspecified atom stereocenters. The second-order valence-electron chi connectivity index (χ2n) is 4.67. The molecule has 1 saturated carbocycles. The number of hydrogen-bond donors (Lipinski definition) is 2. The van der Waals surface area contributed by atoms with E-state index in [1.165, 1.54) is 12.8 Å². The van der Waals surface area contributed by atoms with E-state index in [-0.39, 0.29) is 6.10 Å². The van der Waals surface area contributed by atoms with Gasteiger partial charge in [-0.05, 0) is 38.8 Å². The van der Waals surface area contributed by atoms with Crippen LogP contribution < -0.4 is 15.4 Å². The van der Waals surface area contributed by atoms with Crippen LogP contribution in [0, 0.1) is 0 Å². The Bertz CT molecular complexity index is 350. The van der Waals surface area contributed by atoms with Gasteiger partial charge in [-0.1, -0.05) is 0 Å². The van der Waals surface area contributed by atoms with E-state index in [1.807, 2.05) is 26.0 Å². The lowest BCUT2D eigenvalue weighted by Crippen LogP contribution is -2.24. The van der Waals surface area contributed by atoms with Crippen molar-refractivity contribution in [2.24, 2.45) is 0 Å². The summed E-state index contributed by atoms with van der Waals surface area (Å²) in [6.45, 7) is 5.89. The summed E-state index contributed by atoms with van der Waals surface area (Å²) in [5, 5.41) is 6.76. The number of rotatable bonds is 7. The van der Waals surface area contributed by atoms with Gasteiger partial charge in [0.1, 0.15) is 0 Å². The summed E-state index contributed by atoms with van der Waals surface area (Å²) < 4.78 is 5.69. The van der Waals surface area contributed by atoms with E-state index in [0.29, 0.717) is 0 Å². The Morgan fingerprint density at radius 3 is 2.94 bits per heavy atom. The number of nitrogens with one attached hydrogen (secondary N) is 2. The maximum atomic E-state index is 5.69. The molecule has 4 nitrogen and oxygen atoms in total. The lowest BCUT2D eigenvalue weighted by atomic mass is 10.4. The molecule has 0 bridgehead atoms. The average molecular weight is 235 g/mol. The Balaban J connectivity index is 1.80. The van der Waals surface area contributed by atoms with Crippen LogP contribution in [0.5, 0.6) is 5.75 Å². The zero-order valence-corrected chi connectivity index (χ0v) is 10.6. The third kappa shape index (κ3) is 4.23. The molecule has 0 amide bonds. The Hall–Kier alpha value is -1.29. The quantitative estimate of drug-likeness (QED) is 0.710. The van der Waals surface area contributed by atoms with Crippen LogP contribution in [0.1, 0.15) is 26.7 Å². The molecule has 17 heavy (non-hydrogen) atoms. The van der Waals surface area contributed by atoms with Gasteiger partial charge in [0.25, 0.3) is 0 Å². The van der Waals surface area contributed by atoms with Gasteiger partial charge in [-0.2, -0.15) is 0 Å². The SMILES string of the molecule is CC(C)Oc1cccnc1NCCNC1CC1. The van der Waals surface area contributed by atoms with Crippen molar-refractivity contribution in [2.75, 3.05) is 18.4 Å². The lowest BCUT2D eigenvalue weighted by molar-refractivity contribution is 0.243. The average Bonchev–Trinajstić information content (AvgIpc) is 3.09. The topological polar surface area (TPSA) is 46.2 Å². The minimum atomic E-state index is 0.171. The molecule has 94 valence electrons. The first-order chi connectivity index (χ1) is 8.25. The maximum absolute atomic E-state index is 5.69. The number of nitrogens with zero attached hydrogens (tertiary/aromatic N) is 1. The molecule has 1 aliphatic rings. The van der Waals surface area contributed by atoms with Crippen LogP contribution in [0.25, 0.3) is 0 Å². The first kappa shape index (κ1) is 12.2. The molecule has 1 aromatic heterocycles.